The molecule has 1 amide bonds. The lowest BCUT2D eigenvalue weighted by molar-refractivity contribution is 0.0696. The van der Waals surface area contributed by atoms with E-state index >= 15 is 0 Å². The molecule has 0 aliphatic carbocycles. The van der Waals surface area contributed by atoms with Crippen LogP contribution >= 0.6 is 0 Å². The molecule has 2 heterocycles. The molecule has 1 aliphatic rings. The van der Waals surface area contributed by atoms with Crippen LogP contribution in [0.15, 0.2) is 30.3 Å². The summed E-state index contributed by atoms with van der Waals surface area (Å²) in [6.07, 6.45) is 4.18. The first kappa shape index (κ1) is 16.7. The Morgan fingerprint density at radius 2 is 2.17 bits per heavy atom. The lowest BCUT2D eigenvalue weighted by atomic mass is 9.89. The summed E-state index contributed by atoms with van der Waals surface area (Å²) in [4.78, 5) is 15.0. The highest BCUT2D eigenvalue weighted by Gasteiger charge is 2.27. The van der Waals surface area contributed by atoms with Crippen molar-refractivity contribution < 1.29 is 4.79 Å². The van der Waals surface area contributed by atoms with E-state index in [9.17, 15) is 4.79 Å². The Morgan fingerprint density at radius 1 is 1.33 bits per heavy atom. The molecule has 0 bridgehead atoms. The van der Waals surface area contributed by atoms with Crippen molar-refractivity contribution in [3.05, 3.63) is 52.8 Å². The van der Waals surface area contributed by atoms with E-state index in [1.807, 2.05) is 18.0 Å². The summed E-state index contributed by atoms with van der Waals surface area (Å²) < 4.78 is 1.74. The van der Waals surface area contributed by atoms with Gasteiger partial charge in [-0.1, -0.05) is 43.2 Å². The number of carbonyl (C=O) groups is 1. The van der Waals surface area contributed by atoms with Crippen molar-refractivity contribution in [1.29, 1.82) is 0 Å². The maximum atomic E-state index is 12.9. The smallest absolute Gasteiger partial charge is 0.272 e. The Labute approximate surface area is 144 Å². The third-order valence-corrected chi connectivity index (χ3v) is 4.88. The molecule has 2 aromatic rings. The van der Waals surface area contributed by atoms with Crippen molar-refractivity contribution in [3.63, 3.8) is 0 Å². The number of hydrogen-bond donors (Lipinski definition) is 0. The van der Waals surface area contributed by atoms with Crippen molar-refractivity contribution in [3.8, 4) is 0 Å². The second-order valence-corrected chi connectivity index (χ2v) is 6.90. The van der Waals surface area contributed by atoms with Gasteiger partial charge in [0.25, 0.3) is 5.91 Å². The molecule has 4 heteroatoms. The fourth-order valence-electron chi connectivity index (χ4n) is 3.62. The zero-order valence-corrected chi connectivity index (χ0v) is 15.0. The van der Waals surface area contributed by atoms with Gasteiger partial charge in [-0.25, -0.2) is 0 Å². The molecular weight excluding hydrogens is 298 g/mol. The molecule has 0 spiro atoms. The minimum absolute atomic E-state index is 0.115. The number of aryl methyl sites for hydroxylation is 3. The molecule has 0 unspecified atom stereocenters. The van der Waals surface area contributed by atoms with Crippen LogP contribution in [0.2, 0.25) is 0 Å². The predicted molar refractivity (Wildman–Crippen MR) is 96.3 cm³/mol. The highest BCUT2D eigenvalue weighted by atomic mass is 16.2. The van der Waals surface area contributed by atoms with Crippen LogP contribution in [0.1, 0.15) is 59.4 Å². The molecule has 1 aromatic heterocycles. The SMILES string of the molecule is CCCc1cc(C(=O)N2CCC[C@@H](c3cccc(C)c3)C2)n(C)n1. The maximum Gasteiger partial charge on any atom is 0.272 e. The van der Waals surface area contributed by atoms with Gasteiger partial charge in [0.15, 0.2) is 0 Å². The number of rotatable bonds is 4. The Morgan fingerprint density at radius 3 is 2.92 bits per heavy atom. The van der Waals surface area contributed by atoms with Gasteiger partial charge in [0.1, 0.15) is 5.69 Å². The zero-order chi connectivity index (χ0) is 17.1. The number of aromatic nitrogens is 2. The van der Waals surface area contributed by atoms with Gasteiger partial charge in [-0.05, 0) is 37.8 Å². The molecule has 0 saturated carbocycles. The molecule has 24 heavy (non-hydrogen) atoms. The van der Waals surface area contributed by atoms with Gasteiger partial charge in [0, 0.05) is 26.1 Å². The zero-order valence-electron chi connectivity index (χ0n) is 15.0. The first-order chi connectivity index (χ1) is 11.6. The van der Waals surface area contributed by atoms with Crippen LogP contribution in [0.25, 0.3) is 0 Å². The Balaban J connectivity index is 1.75. The number of piperidine rings is 1. The highest BCUT2D eigenvalue weighted by Crippen LogP contribution is 2.28. The van der Waals surface area contributed by atoms with E-state index in [2.05, 4.69) is 43.2 Å². The van der Waals surface area contributed by atoms with E-state index in [-0.39, 0.29) is 5.91 Å². The molecule has 1 saturated heterocycles. The van der Waals surface area contributed by atoms with Crippen LogP contribution in [0.5, 0.6) is 0 Å². The predicted octanol–water partition coefficient (Wildman–Crippen LogP) is 3.70. The van der Waals surface area contributed by atoms with E-state index in [1.165, 1.54) is 11.1 Å². The molecule has 1 aromatic carbocycles. The number of likely N-dealkylation sites (tertiary alicyclic amines) is 1. The molecule has 1 fully saturated rings. The van der Waals surface area contributed by atoms with Gasteiger partial charge in [0.2, 0.25) is 0 Å². The quantitative estimate of drug-likeness (QED) is 0.859. The average Bonchev–Trinajstić information content (AvgIpc) is 2.95. The van der Waals surface area contributed by atoms with E-state index in [1.54, 1.807) is 4.68 Å². The summed E-state index contributed by atoms with van der Waals surface area (Å²) in [5, 5.41) is 4.47. The van der Waals surface area contributed by atoms with Crippen molar-refractivity contribution >= 4 is 5.91 Å². The van der Waals surface area contributed by atoms with Gasteiger partial charge in [0.05, 0.1) is 5.69 Å². The number of amides is 1. The van der Waals surface area contributed by atoms with Crippen molar-refractivity contribution in [1.82, 2.24) is 14.7 Å². The monoisotopic (exact) mass is 325 g/mol. The number of hydrogen-bond acceptors (Lipinski definition) is 2. The Bertz CT molecular complexity index is 719. The van der Waals surface area contributed by atoms with Crippen molar-refractivity contribution in [2.45, 2.75) is 45.4 Å². The van der Waals surface area contributed by atoms with Crippen LogP contribution < -0.4 is 0 Å². The van der Waals surface area contributed by atoms with Gasteiger partial charge in [-0.2, -0.15) is 5.10 Å². The van der Waals surface area contributed by atoms with Crippen LogP contribution in [0.3, 0.4) is 0 Å². The fourth-order valence-corrected chi connectivity index (χ4v) is 3.62. The molecule has 3 rings (SSSR count). The summed E-state index contributed by atoms with van der Waals surface area (Å²) >= 11 is 0. The lowest BCUT2D eigenvalue weighted by Gasteiger charge is -2.33. The van der Waals surface area contributed by atoms with Gasteiger partial charge < -0.3 is 4.90 Å². The Hall–Kier alpha value is -2.10. The highest BCUT2D eigenvalue weighted by molar-refractivity contribution is 5.92. The standard InChI is InChI=1S/C20H27N3O/c1-4-7-18-13-19(22(3)21-18)20(24)23-11-6-10-17(14-23)16-9-5-8-15(2)12-16/h5,8-9,12-13,17H,4,6-7,10-11,14H2,1-3H3/t17-/m1/s1. The van der Waals surface area contributed by atoms with Crippen LogP contribution in [0, 0.1) is 6.92 Å². The number of benzene rings is 1. The third kappa shape index (κ3) is 3.53. The van der Waals surface area contributed by atoms with E-state index in [0.29, 0.717) is 11.6 Å². The average molecular weight is 325 g/mol. The van der Waals surface area contributed by atoms with Crippen molar-refractivity contribution in [2.24, 2.45) is 7.05 Å². The largest absolute Gasteiger partial charge is 0.337 e. The molecule has 128 valence electrons. The van der Waals surface area contributed by atoms with Gasteiger partial charge in [-0.15, -0.1) is 0 Å². The first-order valence-electron chi connectivity index (χ1n) is 8.97. The van der Waals surface area contributed by atoms with Gasteiger partial charge in [-0.3, -0.25) is 9.48 Å². The number of carbonyl (C=O) groups excluding carboxylic acids is 1. The summed E-state index contributed by atoms with van der Waals surface area (Å²) in [6, 6.07) is 10.6. The van der Waals surface area contributed by atoms with Crippen molar-refractivity contribution in [2.75, 3.05) is 13.1 Å². The topological polar surface area (TPSA) is 38.1 Å². The van der Waals surface area contributed by atoms with E-state index in [4.69, 9.17) is 0 Å². The number of nitrogens with zero attached hydrogens (tertiary/aromatic N) is 3. The summed E-state index contributed by atoms with van der Waals surface area (Å²) in [5.74, 6) is 0.552. The first-order valence-corrected chi connectivity index (χ1v) is 8.97. The summed E-state index contributed by atoms with van der Waals surface area (Å²) in [7, 11) is 1.87. The molecule has 1 aliphatic heterocycles. The van der Waals surface area contributed by atoms with Gasteiger partial charge >= 0.3 is 0 Å². The molecule has 4 nitrogen and oxygen atoms in total. The maximum absolute atomic E-state index is 12.9. The minimum Gasteiger partial charge on any atom is -0.337 e. The fraction of sp³-hybridized carbons (Fsp3) is 0.500. The Kier molecular flexibility index (Phi) is 5.03. The molecule has 0 N–H and O–H groups in total. The van der Waals surface area contributed by atoms with Crippen LogP contribution in [-0.4, -0.2) is 33.7 Å². The lowest BCUT2D eigenvalue weighted by Crippen LogP contribution is -2.39. The van der Waals surface area contributed by atoms with E-state index < -0.39 is 0 Å². The minimum atomic E-state index is 0.115. The molecule has 0 radical (unpaired) electrons. The van der Waals surface area contributed by atoms with Crippen LogP contribution in [-0.2, 0) is 13.5 Å². The van der Waals surface area contributed by atoms with Crippen LogP contribution in [0.4, 0.5) is 0 Å². The second kappa shape index (κ2) is 7.20. The second-order valence-electron chi connectivity index (χ2n) is 6.90. The summed E-state index contributed by atoms with van der Waals surface area (Å²) in [5.41, 5.74) is 4.36. The summed E-state index contributed by atoms with van der Waals surface area (Å²) in [6.45, 7) is 5.90. The third-order valence-electron chi connectivity index (χ3n) is 4.88. The van der Waals surface area contributed by atoms with E-state index in [0.717, 1.165) is 44.5 Å². The molecule has 1 atom stereocenters. The molecular formula is C20H27N3O. The normalized spacial score (nSPS) is 18.0.